The molecule has 51 heavy (non-hydrogen) atoms. The molecule has 0 atom stereocenters. The van der Waals surface area contributed by atoms with Crippen LogP contribution in [-0.4, -0.2) is 71.1 Å². The maximum absolute atomic E-state index is 11.6. The number of methoxy groups -OCH3 is 2. The number of carbonyl (C=O) groups excluding carboxylic acids is 2. The molecule has 1 heterocycles. The zero-order valence-electron chi connectivity index (χ0n) is 28.4. The molecule has 1 aliphatic rings. The van der Waals surface area contributed by atoms with E-state index in [2.05, 4.69) is 5.32 Å². The number of ether oxygens (including phenoxy) is 2. The highest BCUT2D eigenvalue weighted by Gasteiger charge is 2.26. The lowest BCUT2D eigenvalue weighted by Gasteiger charge is -2.25. The topological polar surface area (TPSA) is 146 Å². The van der Waals surface area contributed by atoms with Gasteiger partial charge in [-0.3, -0.25) is 34.3 Å². The minimum Gasteiger partial charge on any atom is -0.497 e. The molecule has 5 aromatic rings. The van der Waals surface area contributed by atoms with Gasteiger partial charge in [0.1, 0.15) is 11.5 Å². The highest BCUT2D eigenvalue weighted by atomic mass is 16.5. The van der Waals surface area contributed by atoms with Crippen LogP contribution in [0.2, 0.25) is 0 Å². The van der Waals surface area contributed by atoms with Crippen LogP contribution >= 0.6 is 0 Å². The predicted octanol–water partition coefficient (Wildman–Crippen LogP) is 5.60. The van der Waals surface area contributed by atoms with E-state index in [0.717, 1.165) is 44.5 Å². The minimum absolute atomic E-state index is 0.120. The Morgan fingerprint density at radius 1 is 0.569 bits per heavy atom. The van der Waals surface area contributed by atoms with Crippen LogP contribution in [0.25, 0.3) is 10.8 Å². The summed E-state index contributed by atoms with van der Waals surface area (Å²) >= 11 is 0. The van der Waals surface area contributed by atoms with Crippen LogP contribution in [0, 0.1) is 0 Å². The van der Waals surface area contributed by atoms with E-state index < -0.39 is 11.9 Å². The van der Waals surface area contributed by atoms with Gasteiger partial charge in [0, 0.05) is 26.2 Å². The maximum atomic E-state index is 11.6. The monoisotopic (exact) mass is 689 g/mol. The number of hydrogen-bond acceptors (Lipinski definition) is 8. The van der Waals surface area contributed by atoms with E-state index >= 15 is 0 Å². The smallest absolute Gasteiger partial charge is 0.317 e. The van der Waals surface area contributed by atoms with E-state index in [1.807, 2.05) is 107 Å². The van der Waals surface area contributed by atoms with Crippen LogP contribution in [0.4, 0.5) is 0 Å². The van der Waals surface area contributed by atoms with Crippen molar-refractivity contribution in [1.82, 2.24) is 15.1 Å². The number of hydrogen-bond donors (Lipinski definition) is 3. The van der Waals surface area contributed by atoms with Crippen LogP contribution < -0.4 is 14.8 Å². The van der Waals surface area contributed by atoms with Gasteiger partial charge in [0.15, 0.2) is 0 Å². The average molecular weight is 690 g/mol. The number of aliphatic carboxylic acids is 2. The van der Waals surface area contributed by atoms with Crippen molar-refractivity contribution in [2.75, 3.05) is 27.3 Å². The first-order valence-corrected chi connectivity index (χ1v) is 16.2. The summed E-state index contributed by atoms with van der Waals surface area (Å²) in [5, 5.41) is 23.2. The van der Waals surface area contributed by atoms with Gasteiger partial charge in [0.2, 0.25) is 0 Å². The normalized spacial score (nSPS) is 11.9. The molecule has 0 unspecified atom stereocenters. The minimum atomic E-state index is -0.909. The fourth-order valence-corrected chi connectivity index (χ4v) is 5.90. The molecule has 0 saturated carbocycles. The first-order valence-electron chi connectivity index (χ1n) is 16.2. The molecule has 11 nitrogen and oxygen atoms in total. The number of benzene rings is 5. The average Bonchev–Trinajstić information content (AvgIpc) is 3.39. The fraction of sp³-hybridized carbons (Fsp3) is 0.200. The van der Waals surface area contributed by atoms with Crippen molar-refractivity contribution in [1.29, 1.82) is 0 Å². The number of carbonyl (C=O) groups is 4. The third-order valence-corrected chi connectivity index (χ3v) is 8.36. The van der Waals surface area contributed by atoms with Gasteiger partial charge in [0.25, 0.3) is 11.8 Å². The van der Waals surface area contributed by atoms with Crippen LogP contribution in [0.15, 0.2) is 109 Å². The lowest BCUT2D eigenvalue weighted by molar-refractivity contribution is -0.139. The number of carboxylic acids is 2. The summed E-state index contributed by atoms with van der Waals surface area (Å²) in [6, 6.07) is 34.0. The summed E-state index contributed by atoms with van der Waals surface area (Å²) in [5.74, 6) is -0.948. The standard InChI is InChI=1S/C28H32N2O6.C12H7NO2/c1-35-25-11-7-21(8-12-25)15-29(19-27(31)32)17-23-5-3-4-6-24(23)18-30(20-28(33)34)16-22-9-13-26(36-2)14-10-22;14-11-9-5-7-3-1-2-4-8(7)6-10(9)12(15)13-11/h3-14H,15-20H2,1-2H3,(H,31,32)(H,33,34);1-6H,(H,13,14,15). The van der Waals surface area contributed by atoms with E-state index in [0.29, 0.717) is 37.3 Å². The zero-order valence-corrected chi connectivity index (χ0v) is 28.4. The number of fused-ring (bicyclic) bond motifs is 2. The zero-order chi connectivity index (χ0) is 36.3. The van der Waals surface area contributed by atoms with Gasteiger partial charge < -0.3 is 19.7 Å². The number of rotatable bonds is 14. The molecule has 0 saturated heterocycles. The Hall–Kier alpha value is -6.04. The molecule has 0 aliphatic carbocycles. The highest BCUT2D eigenvalue weighted by molar-refractivity contribution is 6.23. The second kappa shape index (κ2) is 17.1. The van der Waals surface area contributed by atoms with Gasteiger partial charge in [0.05, 0.1) is 38.4 Å². The molecule has 3 N–H and O–H groups in total. The molecule has 0 spiro atoms. The molecule has 0 bridgehead atoms. The van der Waals surface area contributed by atoms with E-state index in [1.165, 1.54) is 0 Å². The molecule has 2 amide bonds. The molecule has 0 radical (unpaired) electrons. The van der Waals surface area contributed by atoms with Crippen molar-refractivity contribution in [2.24, 2.45) is 0 Å². The van der Waals surface area contributed by atoms with Gasteiger partial charge in [-0.1, -0.05) is 72.8 Å². The Bertz CT molecular complexity index is 1870. The lowest BCUT2D eigenvalue weighted by Crippen LogP contribution is -2.31. The number of nitrogens with zero attached hydrogens (tertiary/aromatic N) is 2. The summed E-state index contributed by atoms with van der Waals surface area (Å²) in [5.41, 5.74) is 4.80. The van der Waals surface area contributed by atoms with Gasteiger partial charge in [-0.25, -0.2) is 0 Å². The van der Waals surface area contributed by atoms with E-state index in [-0.39, 0.29) is 24.9 Å². The molecule has 0 aromatic heterocycles. The molecule has 1 aliphatic heterocycles. The molecule has 11 heteroatoms. The molecule has 0 fully saturated rings. The Labute approximate surface area is 295 Å². The van der Waals surface area contributed by atoms with Gasteiger partial charge >= 0.3 is 11.9 Å². The van der Waals surface area contributed by atoms with Crippen molar-refractivity contribution in [3.05, 3.63) is 143 Å². The molecule has 5 aromatic carbocycles. The van der Waals surface area contributed by atoms with Crippen molar-refractivity contribution in [3.8, 4) is 11.5 Å². The van der Waals surface area contributed by atoms with E-state index in [9.17, 15) is 29.4 Å². The highest BCUT2D eigenvalue weighted by Crippen LogP contribution is 2.24. The molecule has 262 valence electrons. The van der Waals surface area contributed by atoms with E-state index in [4.69, 9.17) is 9.47 Å². The van der Waals surface area contributed by atoms with Gasteiger partial charge in [-0.2, -0.15) is 0 Å². The van der Waals surface area contributed by atoms with Crippen molar-refractivity contribution < 1.29 is 38.9 Å². The van der Waals surface area contributed by atoms with E-state index in [1.54, 1.807) is 26.4 Å². The number of imide groups is 1. The summed E-state index contributed by atoms with van der Waals surface area (Å²) in [4.78, 5) is 49.6. The fourth-order valence-electron chi connectivity index (χ4n) is 5.90. The van der Waals surface area contributed by atoms with Crippen molar-refractivity contribution in [2.45, 2.75) is 26.2 Å². The molecular formula is C40H39N3O8. The van der Waals surface area contributed by atoms with Gasteiger partial charge in [-0.05, 0) is 69.4 Å². The summed E-state index contributed by atoms with van der Waals surface area (Å²) in [6.07, 6.45) is 0. The van der Waals surface area contributed by atoms with Gasteiger partial charge in [-0.15, -0.1) is 0 Å². The number of nitrogens with one attached hydrogen (secondary N) is 1. The Kier molecular flexibility index (Phi) is 12.1. The summed E-state index contributed by atoms with van der Waals surface area (Å²) < 4.78 is 10.4. The Morgan fingerprint density at radius 3 is 1.29 bits per heavy atom. The number of carboxylic acid groups (broad SMARTS) is 2. The number of amides is 2. The first kappa shape index (κ1) is 36.2. The third kappa shape index (κ3) is 10.0. The second-order valence-corrected chi connectivity index (χ2v) is 12.1. The maximum Gasteiger partial charge on any atom is 0.317 e. The largest absolute Gasteiger partial charge is 0.497 e. The summed E-state index contributed by atoms with van der Waals surface area (Å²) in [6.45, 7) is 1.50. The Morgan fingerprint density at radius 2 is 0.941 bits per heavy atom. The third-order valence-electron chi connectivity index (χ3n) is 8.36. The quantitative estimate of drug-likeness (QED) is 0.126. The van der Waals surface area contributed by atoms with Crippen molar-refractivity contribution in [3.63, 3.8) is 0 Å². The predicted molar refractivity (Wildman–Crippen MR) is 192 cm³/mol. The second-order valence-electron chi connectivity index (χ2n) is 12.1. The van der Waals surface area contributed by atoms with Crippen LogP contribution in [0.1, 0.15) is 43.0 Å². The Balaban J connectivity index is 0.000000276. The molecule has 6 rings (SSSR count). The SMILES string of the molecule is COc1ccc(CN(CC(=O)O)Cc2ccccc2CN(CC(=O)O)Cc2ccc(OC)cc2)cc1.O=C1NC(=O)c2cc3ccccc3cc21. The molecular weight excluding hydrogens is 650 g/mol. The first-order chi connectivity index (χ1) is 24.6. The van der Waals surface area contributed by atoms with Crippen LogP contribution in [0.5, 0.6) is 11.5 Å². The summed E-state index contributed by atoms with van der Waals surface area (Å²) in [7, 11) is 3.20. The van der Waals surface area contributed by atoms with Crippen LogP contribution in [0.3, 0.4) is 0 Å². The lowest BCUT2D eigenvalue weighted by atomic mass is 10.0. The van der Waals surface area contributed by atoms with Crippen molar-refractivity contribution >= 4 is 34.5 Å². The van der Waals surface area contributed by atoms with Crippen LogP contribution in [-0.2, 0) is 35.8 Å².